The van der Waals surface area contributed by atoms with Crippen LogP contribution in [-0.4, -0.2) is 42.5 Å². The van der Waals surface area contributed by atoms with Crippen LogP contribution < -0.4 is 19.5 Å². The van der Waals surface area contributed by atoms with Gasteiger partial charge in [-0.05, 0) is 50.8 Å². The standard InChI is InChI=1S/C22H25NO5S.ClH/c1-12-8-15-20(29-12)7-2-13(21(15)24)10-23-16-4-6-18(22(16)25)28-14-3-5-17-19(9-14)27-11-26-17;/h3,5,8-9,13,16,18,22-23,25H,2,4,6-7,10-11H2,1H3;1H. The van der Waals surface area contributed by atoms with Gasteiger partial charge in [-0.25, -0.2) is 0 Å². The van der Waals surface area contributed by atoms with Crippen LogP contribution in [0, 0.1) is 12.8 Å². The summed E-state index contributed by atoms with van der Waals surface area (Å²) in [4.78, 5) is 15.2. The number of aliphatic hydroxyl groups is 1. The van der Waals surface area contributed by atoms with Crippen molar-refractivity contribution >= 4 is 29.5 Å². The summed E-state index contributed by atoms with van der Waals surface area (Å²) in [7, 11) is 0. The molecule has 162 valence electrons. The number of Topliss-reactive ketones (excluding diaryl/α,β-unsaturated/α-hetero) is 1. The van der Waals surface area contributed by atoms with Crippen LogP contribution in [0.15, 0.2) is 24.3 Å². The molecular formula is C22H26ClNO5S. The third kappa shape index (κ3) is 4.04. The Kier molecular flexibility index (Phi) is 6.25. The second kappa shape index (κ2) is 8.75. The predicted molar refractivity (Wildman–Crippen MR) is 116 cm³/mol. The monoisotopic (exact) mass is 451 g/mol. The van der Waals surface area contributed by atoms with Crippen molar-refractivity contribution in [1.82, 2.24) is 5.32 Å². The highest BCUT2D eigenvalue weighted by molar-refractivity contribution is 7.12. The SMILES string of the molecule is Cc1cc2c(s1)CCC(CNC1CCC(Oc3ccc4c(c3)OCO4)C1O)C2=O.Cl. The van der Waals surface area contributed by atoms with Crippen LogP contribution >= 0.6 is 23.7 Å². The van der Waals surface area contributed by atoms with E-state index in [0.717, 1.165) is 31.2 Å². The summed E-state index contributed by atoms with van der Waals surface area (Å²) in [6.07, 6.45) is 2.53. The largest absolute Gasteiger partial charge is 0.488 e. The number of aryl methyl sites for hydroxylation is 2. The average Bonchev–Trinajstić information content (AvgIpc) is 3.41. The molecule has 0 bridgehead atoms. The molecule has 4 atom stereocenters. The van der Waals surface area contributed by atoms with Crippen molar-refractivity contribution in [2.75, 3.05) is 13.3 Å². The molecule has 1 aromatic heterocycles. The first-order valence-electron chi connectivity index (χ1n) is 10.2. The Hall–Kier alpha value is -1.80. The summed E-state index contributed by atoms with van der Waals surface area (Å²) in [5.74, 6) is 2.27. The van der Waals surface area contributed by atoms with Gasteiger partial charge in [0.15, 0.2) is 17.3 Å². The lowest BCUT2D eigenvalue weighted by molar-refractivity contribution is 0.0440. The topological polar surface area (TPSA) is 77.0 Å². The first-order valence-corrected chi connectivity index (χ1v) is 11.0. The minimum absolute atomic E-state index is 0. The van der Waals surface area contributed by atoms with Crippen LogP contribution in [0.4, 0.5) is 0 Å². The van der Waals surface area contributed by atoms with Gasteiger partial charge in [0.2, 0.25) is 6.79 Å². The van der Waals surface area contributed by atoms with Gasteiger partial charge in [-0.3, -0.25) is 4.79 Å². The van der Waals surface area contributed by atoms with Gasteiger partial charge >= 0.3 is 0 Å². The lowest BCUT2D eigenvalue weighted by Gasteiger charge is -2.25. The molecule has 0 spiro atoms. The van der Waals surface area contributed by atoms with Crippen LogP contribution in [-0.2, 0) is 6.42 Å². The molecule has 2 heterocycles. The molecule has 0 radical (unpaired) electrons. The summed E-state index contributed by atoms with van der Waals surface area (Å²) in [5.41, 5.74) is 0.904. The Balaban J connectivity index is 0.00000218. The summed E-state index contributed by atoms with van der Waals surface area (Å²) >= 11 is 1.73. The van der Waals surface area contributed by atoms with Gasteiger partial charge in [0.1, 0.15) is 18.0 Å². The van der Waals surface area contributed by atoms with Gasteiger partial charge in [-0.15, -0.1) is 23.7 Å². The smallest absolute Gasteiger partial charge is 0.231 e. The number of fused-ring (bicyclic) bond motifs is 2. The third-order valence-corrected chi connectivity index (χ3v) is 7.21. The summed E-state index contributed by atoms with van der Waals surface area (Å²) < 4.78 is 16.7. The van der Waals surface area contributed by atoms with Crippen LogP contribution in [0.25, 0.3) is 0 Å². The molecule has 6 nitrogen and oxygen atoms in total. The van der Waals surface area contributed by atoms with Gasteiger partial charge in [-0.2, -0.15) is 0 Å². The Bertz CT molecular complexity index is 932. The van der Waals surface area contributed by atoms with Crippen LogP contribution in [0.2, 0.25) is 0 Å². The number of carbonyl (C=O) groups excluding carboxylic acids is 1. The fourth-order valence-electron chi connectivity index (χ4n) is 4.52. The maximum absolute atomic E-state index is 12.8. The van der Waals surface area contributed by atoms with E-state index in [0.29, 0.717) is 23.8 Å². The quantitative estimate of drug-likeness (QED) is 0.724. The molecule has 4 unspecified atom stereocenters. The van der Waals surface area contributed by atoms with Crippen molar-refractivity contribution in [3.63, 3.8) is 0 Å². The Morgan fingerprint density at radius 1 is 1.20 bits per heavy atom. The lowest BCUT2D eigenvalue weighted by atomic mass is 9.87. The summed E-state index contributed by atoms with van der Waals surface area (Å²) in [6, 6.07) is 7.42. The van der Waals surface area contributed by atoms with Crippen molar-refractivity contribution in [2.45, 2.75) is 50.9 Å². The molecule has 30 heavy (non-hydrogen) atoms. The molecule has 3 aliphatic rings. The molecule has 1 aliphatic heterocycles. The van der Waals surface area contributed by atoms with E-state index in [1.807, 2.05) is 18.2 Å². The van der Waals surface area contributed by atoms with E-state index in [2.05, 4.69) is 12.2 Å². The Morgan fingerprint density at radius 3 is 2.90 bits per heavy atom. The summed E-state index contributed by atoms with van der Waals surface area (Å²) in [5, 5.41) is 14.2. The number of thiophene rings is 1. The zero-order valence-electron chi connectivity index (χ0n) is 16.8. The Morgan fingerprint density at radius 2 is 2.03 bits per heavy atom. The van der Waals surface area contributed by atoms with E-state index in [4.69, 9.17) is 14.2 Å². The maximum atomic E-state index is 12.8. The number of halogens is 1. The lowest BCUT2D eigenvalue weighted by Crippen LogP contribution is -2.44. The normalized spacial score (nSPS) is 26.9. The number of aliphatic hydroxyl groups excluding tert-OH is 1. The number of ether oxygens (including phenoxy) is 3. The van der Waals surface area contributed by atoms with Crippen LogP contribution in [0.3, 0.4) is 0 Å². The molecule has 8 heteroatoms. The Labute approximate surface area is 185 Å². The zero-order valence-corrected chi connectivity index (χ0v) is 18.4. The second-order valence-corrected chi connectivity index (χ2v) is 9.39. The number of carbonyl (C=O) groups is 1. The van der Waals surface area contributed by atoms with Crippen molar-refractivity contribution in [3.05, 3.63) is 39.6 Å². The van der Waals surface area contributed by atoms with Gasteiger partial charge in [-0.1, -0.05) is 0 Å². The number of benzene rings is 1. The molecular weight excluding hydrogens is 426 g/mol. The molecule has 1 saturated carbocycles. The van der Waals surface area contributed by atoms with Crippen molar-refractivity contribution in [2.24, 2.45) is 5.92 Å². The highest BCUT2D eigenvalue weighted by atomic mass is 35.5. The van der Waals surface area contributed by atoms with Gasteiger partial charge in [0, 0.05) is 39.9 Å². The first kappa shape index (κ1) is 21.4. The van der Waals surface area contributed by atoms with E-state index >= 15 is 0 Å². The van der Waals surface area contributed by atoms with Gasteiger partial charge in [0.25, 0.3) is 0 Å². The fourth-order valence-corrected chi connectivity index (χ4v) is 5.58. The number of nitrogens with one attached hydrogen (secondary N) is 1. The van der Waals surface area contributed by atoms with Crippen molar-refractivity contribution in [1.29, 1.82) is 0 Å². The highest BCUT2D eigenvalue weighted by Crippen LogP contribution is 2.37. The second-order valence-electron chi connectivity index (χ2n) is 8.05. The molecule has 0 amide bonds. The number of ketones is 1. The molecule has 1 fully saturated rings. The molecule has 1 aromatic carbocycles. The third-order valence-electron chi connectivity index (χ3n) is 6.10. The zero-order chi connectivity index (χ0) is 20.0. The van der Waals surface area contributed by atoms with Crippen LogP contribution in [0.5, 0.6) is 17.2 Å². The van der Waals surface area contributed by atoms with E-state index in [1.165, 1.54) is 9.75 Å². The molecule has 2 aliphatic carbocycles. The molecule has 5 rings (SSSR count). The van der Waals surface area contributed by atoms with Crippen molar-refractivity contribution in [3.8, 4) is 17.2 Å². The number of hydrogen-bond donors (Lipinski definition) is 2. The van der Waals surface area contributed by atoms with E-state index in [9.17, 15) is 9.90 Å². The molecule has 0 saturated heterocycles. The van der Waals surface area contributed by atoms with E-state index in [1.54, 1.807) is 17.4 Å². The predicted octanol–water partition coefficient (Wildman–Crippen LogP) is 3.51. The van der Waals surface area contributed by atoms with E-state index < -0.39 is 6.10 Å². The van der Waals surface area contributed by atoms with Gasteiger partial charge < -0.3 is 24.6 Å². The minimum Gasteiger partial charge on any atom is -0.488 e. The van der Waals surface area contributed by atoms with Crippen LogP contribution in [0.1, 0.15) is 39.4 Å². The fraction of sp³-hybridized carbons (Fsp3) is 0.500. The number of hydrogen-bond acceptors (Lipinski definition) is 7. The van der Waals surface area contributed by atoms with Crippen molar-refractivity contribution < 1.29 is 24.1 Å². The van der Waals surface area contributed by atoms with Gasteiger partial charge in [0.05, 0.1) is 0 Å². The van der Waals surface area contributed by atoms with E-state index in [-0.39, 0.29) is 43.0 Å². The molecule has 2 aromatic rings. The highest BCUT2D eigenvalue weighted by Gasteiger charge is 2.37. The summed E-state index contributed by atoms with van der Waals surface area (Å²) in [6.45, 7) is 2.88. The first-order chi connectivity index (χ1) is 14.1. The minimum atomic E-state index is -0.613. The average molecular weight is 452 g/mol. The maximum Gasteiger partial charge on any atom is 0.231 e. The number of rotatable bonds is 5. The molecule has 2 N–H and O–H groups in total.